The van der Waals surface area contributed by atoms with Gasteiger partial charge in [-0.25, -0.2) is 9.18 Å². The number of anilines is 1. The zero-order chi connectivity index (χ0) is 21.8. The molecular formula is C21H15F4N5O. The molecule has 5 rings (SSSR count). The molecule has 2 aromatic heterocycles. The van der Waals surface area contributed by atoms with Crippen LogP contribution in [0.1, 0.15) is 24.0 Å². The fourth-order valence-electron chi connectivity index (χ4n) is 3.55. The number of carbonyl (C=O) groups excluding carboxylic acids is 1. The summed E-state index contributed by atoms with van der Waals surface area (Å²) in [6, 6.07) is 2.68. The summed E-state index contributed by atoms with van der Waals surface area (Å²) in [6.45, 7) is -0.0378. The average molecular weight is 429 g/mol. The van der Waals surface area contributed by atoms with Gasteiger partial charge in [-0.1, -0.05) is 11.8 Å². The molecule has 0 bridgehead atoms. The SMILES string of the molecule is O=C1Nc2cc(Cn3cc4ccncc4n3)c(F)cc2[C@@](C#CC2CC2)(C(F)(F)F)N1. The maximum absolute atomic E-state index is 14.9. The number of aromatic nitrogens is 3. The van der Waals surface area contributed by atoms with E-state index in [1.165, 1.54) is 10.7 Å². The smallest absolute Gasteiger partial charge is 0.310 e. The van der Waals surface area contributed by atoms with E-state index in [2.05, 4.69) is 27.2 Å². The second-order valence-electron chi connectivity index (χ2n) is 7.62. The van der Waals surface area contributed by atoms with Gasteiger partial charge in [0.15, 0.2) is 0 Å². The summed E-state index contributed by atoms with van der Waals surface area (Å²) in [4.78, 5) is 16.1. The first kappa shape index (κ1) is 19.4. The molecular weight excluding hydrogens is 414 g/mol. The maximum atomic E-state index is 14.9. The highest BCUT2D eigenvalue weighted by atomic mass is 19.4. The number of nitrogens with zero attached hydrogens (tertiary/aromatic N) is 3. The second-order valence-corrected chi connectivity index (χ2v) is 7.62. The van der Waals surface area contributed by atoms with Crippen molar-refractivity contribution in [2.75, 3.05) is 5.32 Å². The summed E-state index contributed by atoms with van der Waals surface area (Å²) < 4.78 is 58.8. The predicted octanol–water partition coefficient (Wildman–Crippen LogP) is 3.92. The lowest BCUT2D eigenvalue weighted by atomic mass is 9.85. The molecule has 1 atom stereocenters. The number of nitrogens with one attached hydrogen (secondary N) is 2. The summed E-state index contributed by atoms with van der Waals surface area (Å²) in [7, 11) is 0. The molecule has 0 saturated heterocycles. The third kappa shape index (κ3) is 3.36. The van der Waals surface area contributed by atoms with Gasteiger partial charge in [-0.15, -0.1) is 0 Å². The van der Waals surface area contributed by atoms with E-state index in [9.17, 15) is 22.4 Å². The van der Waals surface area contributed by atoms with Crippen molar-refractivity contribution in [2.45, 2.75) is 31.1 Å². The Morgan fingerprint density at radius 3 is 2.81 bits per heavy atom. The van der Waals surface area contributed by atoms with Crippen LogP contribution >= 0.6 is 0 Å². The molecule has 0 spiro atoms. The Hall–Kier alpha value is -3.61. The normalized spacial score (nSPS) is 20.5. The van der Waals surface area contributed by atoms with Crippen LogP contribution in [0.3, 0.4) is 0 Å². The fraction of sp³-hybridized carbons (Fsp3) is 0.286. The number of pyridine rings is 1. The second kappa shape index (κ2) is 6.70. The number of hydrogen-bond donors (Lipinski definition) is 2. The Morgan fingerprint density at radius 2 is 2.10 bits per heavy atom. The fourth-order valence-corrected chi connectivity index (χ4v) is 3.55. The van der Waals surface area contributed by atoms with E-state index >= 15 is 0 Å². The molecule has 6 nitrogen and oxygen atoms in total. The first-order valence-electron chi connectivity index (χ1n) is 9.54. The topological polar surface area (TPSA) is 71.8 Å². The number of hydrogen-bond acceptors (Lipinski definition) is 3. The van der Waals surface area contributed by atoms with Crippen molar-refractivity contribution in [1.29, 1.82) is 0 Å². The lowest BCUT2D eigenvalue weighted by Gasteiger charge is -2.37. The molecule has 3 aromatic rings. The van der Waals surface area contributed by atoms with Gasteiger partial charge in [0, 0.05) is 40.5 Å². The lowest BCUT2D eigenvalue weighted by Crippen LogP contribution is -2.59. The first-order valence-corrected chi connectivity index (χ1v) is 9.54. The minimum Gasteiger partial charge on any atom is -0.310 e. The van der Waals surface area contributed by atoms with Crippen LogP contribution in [0.5, 0.6) is 0 Å². The zero-order valence-corrected chi connectivity index (χ0v) is 15.9. The number of carbonyl (C=O) groups is 1. The highest BCUT2D eigenvalue weighted by Gasteiger charge is 2.59. The van der Waals surface area contributed by atoms with Crippen LogP contribution in [0.25, 0.3) is 10.9 Å². The van der Waals surface area contributed by atoms with Gasteiger partial charge >= 0.3 is 12.2 Å². The number of benzene rings is 1. The Bertz CT molecular complexity index is 1240. The average Bonchev–Trinajstić information content (AvgIpc) is 3.44. The number of amides is 2. The molecule has 158 valence electrons. The minimum absolute atomic E-state index is 0.0378. The van der Waals surface area contributed by atoms with Gasteiger partial charge in [0.25, 0.3) is 0 Å². The van der Waals surface area contributed by atoms with E-state index in [1.54, 1.807) is 24.7 Å². The van der Waals surface area contributed by atoms with E-state index < -0.39 is 29.1 Å². The quantitative estimate of drug-likeness (QED) is 0.479. The van der Waals surface area contributed by atoms with Crippen molar-refractivity contribution in [2.24, 2.45) is 5.92 Å². The molecule has 1 aliphatic carbocycles. The van der Waals surface area contributed by atoms with Crippen LogP contribution in [-0.4, -0.2) is 27.0 Å². The molecule has 10 heteroatoms. The number of fused-ring (bicyclic) bond motifs is 2. The molecule has 2 amide bonds. The summed E-state index contributed by atoms with van der Waals surface area (Å²) >= 11 is 0. The highest BCUT2D eigenvalue weighted by Crippen LogP contribution is 2.45. The van der Waals surface area contributed by atoms with E-state index in [1.807, 2.05) is 5.32 Å². The van der Waals surface area contributed by atoms with Gasteiger partial charge in [0.1, 0.15) is 11.3 Å². The summed E-state index contributed by atoms with van der Waals surface area (Å²) in [6.07, 6.45) is 1.30. The zero-order valence-electron chi connectivity index (χ0n) is 15.9. The third-order valence-electron chi connectivity index (χ3n) is 5.30. The van der Waals surface area contributed by atoms with Crippen LogP contribution in [0.2, 0.25) is 0 Å². The van der Waals surface area contributed by atoms with Crippen LogP contribution in [0.4, 0.5) is 28.0 Å². The van der Waals surface area contributed by atoms with Crippen LogP contribution in [0.15, 0.2) is 36.8 Å². The molecule has 1 fully saturated rings. The van der Waals surface area contributed by atoms with Crippen molar-refractivity contribution in [3.05, 3.63) is 53.7 Å². The first-order chi connectivity index (χ1) is 14.7. The van der Waals surface area contributed by atoms with Crippen molar-refractivity contribution in [3.63, 3.8) is 0 Å². The van der Waals surface area contributed by atoms with Crippen molar-refractivity contribution < 1.29 is 22.4 Å². The molecule has 31 heavy (non-hydrogen) atoms. The van der Waals surface area contributed by atoms with Crippen LogP contribution in [0, 0.1) is 23.6 Å². The Balaban J connectivity index is 1.59. The maximum Gasteiger partial charge on any atom is 0.427 e. The van der Waals surface area contributed by atoms with Gasteiger partial charge in [0.05, 0.1) is 12.7 Å². The largest absolute Gasteiger partial charge is 0.427 e. The molecule has 1 aromatic carbocycles. The van der Waals surface area contributed by atoms with Crippen LogP contribution in [-0.2, 0) is 12.1 Å². The molecule has 0 radical (unpaired) electrons. The van der Waals surface area contributed by atoms with Gasteiger partial charge in [-0.3, -0.25) is 9.67 Å². The van der Waals surface area contributed by atoms with Crippen molar-refractivity contribution in [3.8, 4) is 11.8 Å². The minimum atomic E-state index is -4.94. The third-order valence-corrected chi connectivity index (χ3v) is 5.30. The summed E-state index contributed by atoms with van der Waals surface area (Å²) in [5.74, 6) is 3.78. The molecule has 2 aliphatic rings. The predicted molar refractivity (Wildman–Crippen MR) is 103 cm³/mol. The van der Waals surface area contributed by atoms with Gasteiger partial charge < -0.3 is 10.6 Å². The van der Waals surface area contributed by atoms with Crippen LogP contribution < -0.4 is 10.6 Å². The van der Waals surface area contributed by atoms with E-state index in [0.29, 0.717) is 18.4 Å². The van der Waals surface area contributed by atoms with Crippen molar-refractivity contribution >= 4 is 22.6 Å². The number of alkyl halides is 3. The number of rotatable bonds is 2. The molecule has 1 aliphatic heterocycles. The highest BCUT2D eigenvalue weighted by molar-refractivity contribution is 5.95. The van der Waals surface area contributed by atoms with E-state index in [0.717, 1.165) is 11.5 Å². The molecule has 1 saturated carbocycles. The van der Waals surface area contributed by atoms with E-state index in [-0.39, 0.29) is 23.7 Å². The lowest BCUT2D eigenvalue weighted by molar-refractivity contribution is -0.178. The number of urea groups is 1. The van der Waals surface area contributed by atoms with Gasteiger partial charge in [0.2, 0.25) is 5.54 Å². The molecule has 0 unspecified atom stereocenters. The van der Waals surface area contributed by atoms with Gasteiger partial charge in [-0.2, -0.15) is 18.3 Å². The van der Waals surface area contributed by atoms with E-state index in [4.69, 9.17) is 0 Å². The number of halogens is 4. The standard InChI is InChI=1S/C21H15F4N5O/c22-16-8-15-17(7-14(16)11-30-10-13-4-6-26-9-18(13)29-30)27-19(31)28-20(15,21(23,24)25)5-3-12-1-2-12/h4,6-10,12H,1-2,11H2,(H2,27,28,31)/t20-/m0/s1. The Morgan fingerprint density at radius 1 is 1.29 bits per heavy atom. The summed E-state index contributed by atoms with van der Waals surface area (Å²) in [5, 5.41) is 9.30. The monoisotopic (exact) mass is 429 g/mol. The molecule has 3 heterocycles. The molecule has 2 N–H and O–H groups in total. The Labute approximate surface area is 173 Å². The van der Waals surface area contributed by atoms with Crippen molar-refractivity contribution in [1.82, 2.24) is 20.1 Å². The Kier molecular flexibility index (Phi) is 4.18. The summed E-state index contributed by atoms with van der Waals surface area (Å²) in [5.41, 5.74) is -2.90. The van der Waals surface area contributed by atoms with Gasteiger partial charge in [-0.05, 0) is 31.0 Å².